The van der Waals surface area contributed by atoms with Crippen LogP contribution >= 0.6 is 23.2 Å². The Morgan fingerprint density at radius 3 is 2.45 bits per heavy atom. The van der Waals surface area contributed by atoms with E-state index in [1.54, 1.807) is 6.92 Å². The Kier molecular flexibility index (Phi) is 4.14. The van der Waals surface area contributed by atoms with Crippen molar-refractivity contribution >= 4 is 29.1 Å². The normalized spacial score (nSPS) is 14.3. The maximum absolute atomic E-state index is 10.4. The molecule has 0 radical (unpaired) electrons. The standard InChI is InChI=1S/C6H11Cl2NO2/c1-3-6(7,8)5(11)9-4(2)10/h5,11H,3H2,1-2H3,(H,9,10). The molecule has 1 atom stereocenters. The number of hydrogen-bond donors (Lipinski definition) is 2. The fourth-order valence-electron chi connectivity index (χ4n) is 0.491. The van der Waals surface area contributed by atoms with Crippen LogP contribution in [0.25, 0.3) is 0 Å². The Morgan fingerprint density at radius 2 is 2.18 bits per heavy atom. The van der Waals surface area contributed by atoms with E-state index in [2.05, 4.69) is 5.32 Å². The Morgan fingerprint density at radius 1 is 1.73 bits per heavy atom. The van der Waals surface area contributed by atoms with Crippen molar-refractivity contribution in [2.75, 3.05) is 0 Å². The van der Waals surface area contributed by atoms with Crippen LogP contribution in [-0.4, -0.2) is 21.6 Å². The molecule has 0 aromatic carbocycles. The van der Waals surface area contributed by atoms with E-state index in [1.807, 2.05) is 0 Å². The summed E-state index contributed by atoms with van der Waals surface area (Å²) in [5.41, 5.74) is 0. The lowest BCUT2D eigenvalue weighted by atomic mass is 10.3. The van der Waals surface area contributed by atoms with Crippen LogP contribution in [0.2, 0.25) is 0 Å². The van der Waals surface area contributed by atoms with Gasteiger partial charge in [0.05, 0.1) is 0 Å². The summed E-state index contributed by atoms with van der Waals surface area (Å²) in [6, 6.07) is 0. The van der Waals surface area contributed by atoms with Crippen molar-refractivity contribution in [3.8, 4) is 0 Å². The highest BCUT2D eigenvalue weighted by Crippen LogP contribution is 2.27. The van der Waals surface area contributed by atoms with Crippen molar-refractivity contribution in [2.45, 2.75) is 30.8 Å². The zero-order valence-corrected chi connectivity index (χ0v) is 7.91. The van der Waals surface area contributed by atoms with Gasteiger partial charge in [-0.1, -0.05) is 30.1 Å². The highest BCUT2D eigenvalue weighted by atomic mass is 35.5. The minimum atomic E-state index is -1.30. The molecule has 11 heavy (non-hydrogen) atoms. The number of carbonyl (C=O) groups is 1. The van der Waals surface area contributed by atoms with Gasteiger partial charge in [-0.2, -0.15) is 0 Å². The van der Waals surface area contributed by atoms with Crippen molar-refractivity contribution in [1.29, 1.82) is 0 Å². The van der Waals surface area contributed by atoms with Crippen molar-refractivity contribution < 1.29 is 9.90 Å². The number of aliphatic hydroxyl groups is 1. The highest BCUT2D eigenvalue weighted by molar-refractivity contribution is 6.48. The van der Waals surface area contributed by atoms with Crippen molar-refractivity contribution in [3.05, 3.63) is 0 Å². The molecule has 66 valence electrons. The van der Waals surface area contributed by atoms with Crippen molar-refractivity contribution in [1.82, 2.24) is 5.32 Å². The first-order valence-electron chi connectivity index (χ1n) is 3.23. The summed E-state index contributed by atoms with van der Waals surface area (Å²) < 4.78 is -1.30. The molecule has 0 aliphatic heterocycles. The van der Waals surface area contributed by atoms with Crippen molar-refractivity contribution in [2.24, 2.45) is 0 Å². The SMILES string of the molecule is CCC(Cl)(Cl)C(O)NC(C)=O. The second-order valence-electron chi connectivity index (χ2n) is 2.22. The molecule has 2 N–H and O–H groups in total. The molecule has 0 fully saturated rings. The summed E-state index contributed by atoms with van der Waals surface area (Å²) in [5.74, 6) is -0.364. The Bertz CT molecular complexity index is 150. The van der Waals surface area contributed by atoms with E-state index in [0.29, 0.717) is 6.42 Å². The Labute approximate surface area is 75.7 Å². The predicted molar refractivity (Wildman–Crippen MR) is 44.6 cm³/mol. The number of aliphatic hydroxyl groups excluding tert-OH is 1. The average Bonchev–Trinajstić information content (AvgIpc) is 1.86. The number of amides is 1. The van der Waals surface area contributed by atoms with Crippen LogP contribution in [-0.2, 0) is 4.79 Å². The lowest BCUT2D eigenvalue weighted by molar-refractivity contribution is -0.122. The molecule has 0 heterocycles. The van der Waals surface area contributed by atoms with Gasteiger partial charge >= 0.3 is 0 Å². The first kappa shape index (κ1) is 11.0. The first-order chi connectivity index (χ1) is 4.90. The summed E-state index contributed by atoms with van der Waals surface area (Å²) in [6.45, 7) is 2.99. The molecule has 1 unspecified atom stereocenters. The zero-order chi connectivity index (χ0) is 9.07. The minimum absolute atomic E-state index is 0.359. The van der Waals surface area contributed by atoms with E-state index in [4.69, 9.17) is 28.3 Å². The summed E-state index contributed by atoms with van der Waals surface area (Å²) in [6.07, 6.45) is -0.856. The molecule has 0 saturated carbocycles. The number of alkyl halides is 2. The van der Waals surface area contributed by atoms with Crippen LogP contribution in [0, 0.1) is 0 Å². The van der Waals surface area contributed by atoms with Crippen LogP contribution in [0.1, 0.15) is 20.3 Å². The Hall–Kier alpha value is 0.01000. The smallest absolute Gasteiger partial charge is 0.218 e. The van der Waals surface area contributed by atoms with Gasteiger partial charge in [0.25, 0.3) is 0 Å². The van der Waals surface area contributed by atoms with Crippen LogP contribution in [0.5, 0.6) is 0 Å². The molecular weight excluding hydrogens is 189 g/mol. The molecule has 0 bridgehead atoms. The molecule has 1 amide bonds. The predicted octanol–water partition coefficient (Wildman–Crippen LogP) is 1.02. The molecule has 0 aromatic heterocycles. The van der Waals surface area contributed by atoms with Crippen LogP contribution in [0.4, 0.5) is 0 Å². The van der Waals surface area contributed by atoms with E-state index in [0.717, 1.165) is 0 Å². The summed E-state index contributed by atoms with van der Waals surface area (Å²) in [7, 11) is 0. The maximum atomic E-state index is 10.4. The van der Waals surface area contributed by atoms with E-state index in [1.165, 1.54) is 6.92 Å². The van der Waals surface area contributed by atoms with E-state index >= 15 is 0 Å². The van der Waals surface area contributed by atoms with E-state index < -0.39 is 10.6 Å². The van der Waals surface area contributed by atoms with Crippen LogP contribution < -0.4 is 5.32 Å². The van der Waals surface area contributed by atoms with Gasteiger partial charge in [-0.25, -0.2) is 0 Å². The van der Waals surface area contributed by atoms with E-state index in [-0.39, 0.29) is 5.91 Å². The number of nitrogens with one attached hydrogen (secondary N) is 1. The third kappa shape index (κ3) is 3.79. The molecule has 0 spiro atoms. The van der Waals surface area contributed by atoms with Gasteiger partial charge in [0.1, 0.15) is 0 Å². The molecule has 0 aromatic rings. The fourth-order valence-corrected chi connectivity index (χ4v) is 0.601. The van der Waals surface area contributed by atoms with Gasteiger partial charge in [-0.05, 0) is 6.42 Å². The highest BCUT2D eigenvalue weighted by Gasteiger charge is 2.31. The van der Waals surface area contributed by atoms with Gasteiger partial charge in [-0.3, -0.25) is 4.79 Å². The molecule has 0 aliphatic rings. The summed E-state index contributed by atoms with van der Waals surface area (Å²) in [5, 5.41) is 11.3. The zero-order valence-electron chi connectivity index (χ0n) is 6.40. The van der Waals surface area contributed by atoms with Gasteiger partial charge in [-0.15, -0.1) is 0 Å². The average molecular weight is 200 g/mol. The molecular formula is C6H11Cl2NO2. The van der Waals surface area contributed by atoms with Crippen LogP contribution in [0.15, 0.2) is 0 Å². The number of hydrogen-bond acceptors (Lipinski definition) is 2. The third-order valence-electron chi connectivity index (χ3n) is 1.21. The quantitative estimate of drug-likeness (QED) is 0.527. The minimum Gasteiger partial charge on any atom is -0.371 e. The van der Waals surface area contributed by atoms with Gasteiger partial charge in [0.15, 0.2) is 10.6 Å². The van der Waals surface area contributed by atoms with Gasteiger partial charge in [0.2, 0.25) is 5.91 Å². The molecule has 3 nitrogen and oxygen atoms in total. The fraction of sp³-hybridized carbons (Fsp3) is 0.833. The molecule has 0 saturated heterocycles. The molecule has 0 rings (SSSR count). The first-order valence-corrected chi connectivity index (χ1v) is 3.98. The monoisotopic (exact) mass is 199 g/mol. The number of rotatable bonds is 3. The third-order valence-corrected chi connectivity index (χ3v) is 2.16. The Balaban J connectivity index is 4.01. The van der Waals surface area contributed by atoms with E-state index in [9.17, 15) is 4.79 Å². The summed E-state index contributed by atoms with van der Waals surface area (Å²) in [4.78, 5) is 10.4. The van der Waals surface area contributed by atoms with Gasteiger partial charge in [0, 0.05) is 6.92 Å². The molecule has 0 aliphatic carbocycles. The number of carbonyl (C=O) groups excluding carboxylic acids is 1. The topological polar surface area (TPSA) is 49.3 Å². The van der Waals surface area contributed by atoms with Crippen molar-refractivity contribution in [3.63, 3.8) is 0 Å². The lowest BCUT2D eigenvalue weighted by Gasteiger charge is -2.24. The molecule has 5 heteroatoms. The second kappa shape index (κ2) is 4.14. The summed E-state index contributed by atoms with van der Waals surface area (Å²) >= 11 is 11.2. The van der Waals surface area contributed by atoms with Gasteiger partial charge < -0.3 is 10.4 Å². The lowest BCUT2D eigenvalue weighted by Crippen LogP contribution is -2.45. The second-order valence-corrected chi connectivity index (χ2v) is 3.76. The largest absolute Gasteiger partial charge is 0.371 e. The number of halogens is 2. The maximum Gasteiger partial charge on any atom is 0.218 e. The van der Waals surface area contributed by atoms with Crippen LogP contribution in [0.3, 0.4) is 0 Å².